The highest BCUT2D eigenvalue weighted by Crippen LogP contribution is 2.43. The number of alkyl halides is 3. The standard InChI is InChI=1S/C20H20F3N3O3/c1-28-19-24-9-13(10-25-19)18(27)26-15-6-5-12(7-15)17(26)11-29-16-4-2-3-14(8-16)20(21,22)23/h2-4,8-10,12,15,17H,5-7,11H2,1H3/t12-,15+,17+/m0/s1. The Morgan fingerprint density at radius 3 is 2.69 bits per heavy atom. The normalized spacial score (nSPS) is 23.3. The third-order valence-corrected chi connectivity index (χ3v) is 5.61. The average molecular weight is 407 g/mol. The van der Waals surface area contributed by atoms with Gasteiger partial charge in [0.05, 0.1) is 24.3 Å². The summed E-state index contributed by atoms with van der Waals surface area (Å²) in [7, 11) is 1.44. The van der Waals surface area contributed by atoms with E-state index < -0.39 is 11.7 Å². The summed E-state index contributed by atoms with van der Waals surface area (Å²) < 4.78 is 49.3. The summed E-state index contributed by atoms with van der Waals surface area (Å²) in [6.07, 6.45) is 1.18. The maximum Gasteiger partial charge on any atom is 0.416 e. The Kier molecular flexibility index (Phi) is 5.06. The number of halogens is 3. The largest absolute Gasteiger partial charge is 0.491 e. The van der Waals surface area contributed by atoms with Gasteiger partial charge in [0.15, 0.2) is 0 Å². The van der Waals surface area contributed by atoms with Crippen LogP contribution in [0.4, 0.5) is 13.2 Å². The molecule has 1 saturated carbocycles. The SMILES string of the molecule is COc1ncc(C(=O)N2[C@@H]3CC[C@@H](C3)[C@H]2COc2cccc(C(F)(F)F)c2)cn1. The lowest BCUT2D eigenvalue weighted by molar-refractivity contribution is -0.137. The number of benzene rings is 1. The van der Waals surface area contributed by atoms with Crippen molar-refractivity contribution in [3.63, 3.8) is 0 Å². The molecule has 29 heavy (non-hydrogen) atoms. The maximum atomic E-state index is 13.0. The molecule has 2 heterocycles. The van der Waals surface area contributed by atoms with Crippen LogP contribution in [0.3, 0.4) is 0 Å². The first-order valence-corrected chi connectivity index (χ1v) is 9.35. The van der Waals surface area contributed by atoms with Gasteiger partial charge in [0.1, 0.15) is 12.4 Å². The number of ether oxygens (including phenoxy) is 2. The van der Waals surface area contributed by atoms with Crippen LogP contribution in [0.25, 0.3) is 0 Å². The first kappa shape index (κ1) is 19.5. The molecule has 0 radical (unpaired) electrons. The fourth-order valence-corrected chi connectivity index (χ4v) is 4.25. The van der Waals surface area contributed by atoms with Gasteiger partial charge in [-0.15, -0.1) is 0 Å². The van der Waals surface area contributed by atoms with E-state index in [9.17, 15) is 18.0 Å². The number of hydrogen-bond acceptors (Lipinski definition) is 5. The molecule has 0 unspecified atom stereocenters. The number of aromatic nitrogens is 2. The minimum Gasteiger partial charge on any atom is -0.491 e. The Balaban J connectivity index is 1.49. The fourth-order valence-electron chi connectivity index (χ4n) is 4.25. The summed E-state index contributed by atoms with van der Waals surface area (Å²) in [5.41, 5.74) is -0.409. The Bertz CT molecular complexity index is 889. The van der Waals surface area contributed by atoms with Gasteiger partial charge >= 0.3 is 12.2 Å². The minimum atomic E-state index is -4.43. The van der Waals surface area contributed by atoms with Crippen molar-refractivity contribution in [3.8, 4) is 11.8 Å². The second-order valence-electron chi connectivity index (χ2n) is 7.30. The molecule has 1 aliphatic heterocycles. The van der Waals surface area contributed by atoms with Gasteiger partial charge in [-0.3, -0.25) is 4.79 Å². The van der Waals surface area contributed by atoms with Gasteiger partial charge < -0.3 is 14.4 Å². The molecule has 0 spiro atoms. The molecule has 1 saturated heterocycles. The van der Waals surface area contributed by atoms with Gasteiger partial charge in [-0.05, 0) is 43.4 Å². The Morgan fingerprint density at radius 2 is 2.00 bits per heavy atom. The van der Waals surface area contributed by atoms with E-state index in [1.807, 2.05) is 0 Å². The Labute approximate surface area is 165 Å². The van der Waals surface area contributed by atoms with Crippen LogP contribution in [-0.2, 0) is 6.18 Å². The molecule has 2 bridgehead atoms. The van der Waals surface area contributed by atoms with E-state index in [1.165, 1.54) is 31.6 Å². The molecule has 3 atom stereocenters. The lowest BCUT2D eigenvalue weighted by Crippen LogP contribution is -2.47. The van der Waals surface area contributed by atoms with Crippen LogP contribution in [0.2, 0.25) is 0 Å². The minimum absolute atomic E-state index is 0.102. The summed E-state index contributed by atoms with van der Waals surface area (Å²) in [5, 5.41) is 0. The quantitative estimate of drug-likeness (QED) is 0.758. The molecule has 2 fully saturated rings. The van der Waals surface area contributed by atoms with Gasteiger partial charge in [-0.1, -0.05) is 6.07 Å². The van der Waals surface area contributed by atoms with Crippen LogP contribution >= 0.6 is 0 Å². The number of piperidine rings is 1. The lowest BCUT2D eigenvalue weighted by Gasteiger charge is -2.35. The van der Waals surface area contributed by atoms with Crippen molar-refractivity contribution in [1.82, 2.24) is 14.9 Å². The molecule has 1 amide bonds. The maximum absolute atomic E-state index is 13.0. The fraction of sp³-hybridized carbons (Fsp3) is 0.450. The highest BCUT2D eigenvalue weighted by molar-refractivity contribution is 5.94. The summed E-state index contributed by atoms with van der Waals surface area (Å²) in [4.78, 5) is 22.8. The highest BCUT2D eigenvalue weighted by Gasteiger charge is 2.48. The predicted octanol–water partition coefficient (Wildman–Crippen LogP) is 3.58. The van der Waals surface area contributed by atoms with Crippen molar-refractivity contribution in [2.24, 2.45) is 5.92 Å². The number of rotatable bonds is 5. The van der Waals surface area contributed by atoms with E-state index in [0.717, 1.165) is 31.4 Å². The van der Waals surface area contributed by atoms with Crippen molar-refractivity contribution in [1.29, 1.82) is 0 Å². The molecule has 2 aromatic rings. The summed E-state index contributed by atoms with van der Waals surface area (Å²) in [5.74, 6) is 0.217. The van der Waals surface area contributed by atoms with Crippen LogP contribution in [0.5, 0.6) is 11.8 Å². The van der Waals surface area contributed by atoms with Gasteiger partial charge in [0.2, 0.25) is 0 Å². The van der Waals surface area contributed by atoms with Crippen molar-refractivity contribution < 1.29 is 27.4 Å². The van der Waals surface area contributed by atoms with Gasteiger partial charge in [0, 0.05) is 18.4 Å². The van der Waals surface area contributed by atoms with Crippen LogP contribution in [0, 0.1) is 5.92 Å². The lowest BCUT2D eigenvalue weighted by atomic mass is 9.99. The third kappa shape index (κ3) is 3.86. The monoisotopic (exact) mass is 407 g/mol. The first-order valence-electron chi connectivity index (χ1n) is 9.35. The molecule has 2 aliphatic rings. The number of fused-ring (bicyclic) bond motifs is 2. The Morgan fingerprint density at radius 1 is 1.24 bits per heavy atom. The number of hydrogen-bond donors (Lipinski definition) is 0. The summed E-state index contributed by atoms with van der Waals surface area (Å²) in [6.45, 7) is 0.144. The molecule has 9 heteroatoms. The number of methoxy groups -OCH3 is 1. The van der Waals surface area contributed by atoms with Crippen molar-refractivity contribution >= 4 is 5.91 Å². The van der Waals surface area contributed by atoms with E-state index in [1.54, 1.807) is 4.90 Å². The van der Waals surface area contributed by atoms with E-state index in [-0.39, 0.29) is 42.3 Å². The molecule has 4 rings (SSSR count). The number of nitrogens with zero attached hydrogens (tertiary/aromatic N) is 3. The topological polar surface area (TPSA) is 64.5 Å². The molecule has 1 aromatic carbocycles. The highest BCUT2D eigenvalue weighted by atomic mass is 19.4. The molecule has 1 aliphatic carbocycles. The van der Waals surface area contributed by atoms with E-state index in [0.29, 0.717) is 5.56 Å². The zero-order valence-corrected chi connectivity index (χ0v) is 15.7. The summed E-state index contributed by atoms with van der Waals surface area (Å²) in [6, 6.07) is 4.87. The van der Waals surface area contributed by atoms with E-state index >= 15 is 0 Å². The summed E-state index contributed by atoms with van der Waals surface area (Å²) >= 11 is 0. The Hall–Kier alpha value is -2.84. The second-order valence-corrected chi connectivity index (χ2v) is 7.30. The van der Waals surface area contributed by atoms with Crippen LogP contribution in [0.1, 0.15) is 35.2 Å². The number of carbonyl (C=O) groups excluding carboxylic acids is 1. The molecular formula is C20H20F3N3O3. The van der Waals surface area contributed by atoms with Crippen LogP contribution in [-0.4, -0.2) is 46.6 Å². The first-order chi connectivity index (χ1) is 13.9. The van der Waals surface area contributed by atoms with Crippen LogP contribution in [0.15, 0.2) is 36.7 Å². The number of carbonyl (C=O) groups is 1. The molecule has 1 aromatic heterocycles. The van der Waals surface area contributed by atoms with E-state index in [2.05, 4.69) is 9.97 Å². The van der Waals surface area contributed by atoms with Gasteiger partial charge in [-0.2, -0.15) is 13.2 Å². The van der Waals surface area contributed by atoms with E-state index in [4.69, 9.17) is 9.47 Å². The molecule has 0 N–H and O–H groups in total. The molecule has 6 nitrogen and oxygen atoms in total. The smallest absolute Gasteiger partial charge is 0.416 e. The number of amides is 1. The predicted molar refractivity (Wildman–Crippen MR) is 96.6 cm³/mol. The van der Waals surface area contributed by atoms with Crippen molar-refractivity contribution in [2.75, 3.05) is 13.7 Å². The molecular weight excluding hydrogens is 387 g/mol. The third-order valence-electron chi connectivity index (χ3n) is 5.61. The van der Waals surface area contributed by atoms with Crippen molar-refractivity contribution in [2.45, 2.75) is 37.5 Å². The zero-order valence-electron chi connectivity index (χ0n) is 15.7. The van der Waals surface area contributed by atoms with Crippen molar-refractivity contribution in [3.05, 3.63) is 47.8 Å². The molecule has 154 valence electrons. The zero-order chi connectivity index (χ0) is 20.6. The van der Waals surface area contributed by atoms with Crippen LogP contribution < -0.4 is 9.47 Å². The van der Waals surface area contributed by atoms with Gasteiger partial charge in [-0.25, -0.2) is 9.97 Å². The second kappa shape index (κ2) is 7.53. The van der Waals surface area contributed by atoms with Gasteiger partial charge in [0.25, 0.3) is 5.91 Å². The number of likely N-dealkylation sites (tertiary alicyclic amines) is 1. The average Bonchev–Trinajstić information content (AvgIpc) is 3.33.